The number of fused-ring (bicyclic) bond motifs is 2. The predicted octanol–water partition coefficient (Wildman–Crippen LogP) is 14.4. The van der Waals surface area contributed by atoms with Crippen molar-refractivity contribution in [3.05, 3.63) is 238 Å². The van der Waals surface area contributed by atoms with Gasteiger partial charge in [-0.05, 0) is 97.8 Å². The van der Waals surface area contributed by atoms with E-state index < -0.39 is 11.9 Å². The number of benzene rings is 8. The fourth-order valence-electron chi connectivity index (χ4n) is 7.37. The Morgan fingerprint density at radius 2 is 0.682 bits per heavy atom. The Bertz CT molecular complexity index is 2900. The molecule has 324 valence electrons. The minimum atomic E-state index is -0.502. The number of hydrogen-bond acceptors (Lipinski definition) is 10. The number of carbonyl (C=O) groups is 4. The summed E-state index contributed by atoms with van der Waals surface area (Å²) in [5.41, 5.74) is 5.68. The molecule has 0 atom stereocenters. The molecule has 0 saturated heterocycles. The molecule has 0 bridgehead atoms. The van der Waals surface area contributed by atoms with Gasteiger partial charge >= 0.3 is 11.9 Å². The van der Waals surface area contributed by atoms with Gasteiger partial charge in [0.1, 0.15) is 13.2 Å². The van der Waals surface area contributed by atoms with Crippen LogP contribution in [0.15, 0.2) is 221 Å². The summed E-state index contributed by atoms with van der Waals surface area (Å²) in [5, 5.41) is 0. The molecule has 0 aliphatic heterocycles. The SMILES string of the molecule is Cc1ccc(Sc2ccc(Sc3ccccc3C(=O)OCc3ccccc3)c3c2C(=O)c2c(Sc4ccccc4C(=O)OCc4ccccc4)ccc(Sc4ccc(C)cc4)c2C3=O)cc1. The second-order valence-corrected chi connectivity index (χ2v) is 19.8. The van der Waals surface area contributed by atoms with Crippen molar-refractivity contribution in [1.82, 2.24) is 0 Å². The number of ether oxygens (including phenoxy) is 2. The highest BCUT2D eigenvalue weighted by Gasteiger charge is 2.38. The summed E-state index contributed by atoms with van der Waals surface area (Å²) >= 11 is 5.35. The molecule has 10 heteroatoms. The molecule has 6 nitrogen and oxygen atoms in total. The van der Waals surface area contributed by atoms with Gasteiger partial charge in [-0.3, -0.25) is 9.59 Å². The predicted molar refractivity (Wildman–Crippen MR) is 263 cm³/mol. The monoisotopic (exact) mass is 936 g/mol. The molecule has 0 radical (unpaired) electrons. The number of carbonyl (C=O) groups excluding carboxylic acids is 4. The Hall–Kier alpha value is -6.56. The van der Waals surface area contributed by atoms with Crippen molar-refractivity contribution >= 4 is 70.6 Å². The van der Waals surface area contributed by atoms with Crippen LogP contribution in [0.25, 0.3) is 0 Å². The van der Waals surface area contributed by atoms with Crippen LogP contribution in [-0.4, -0.2) is 23.5 Å². The number of ketones is 2. The Kier molecular flexibility index (Phi) is 13.7. The zero-order valence-corrected chi connectivity index (χ0v) is 39.1. The normalized spacial score (nSPS) is 11.7. The van der Waals surface area contributed by atoms with Gasteiger partial charge < -0.3 is 9.47 Å². The zero-order valence-electron chi connectivity index (χ0n) is 35.8. The van der Waals surface area contributed by atoms with Crippen molar-refractivity contribution in [1.29, 1.82) is 0 Å². The molecule has 8 aromatic carbocycles. The van der Waals surface area contributed by atoms with Crippen molar-refractivity contribution in [3.8, 4) is 0 Å². The Morgan fingerprint density at radius 3 is 1.05 bits per heavy atom. The van der Waals surface area contributed by atoms with Gasteiger partial charge in [-0.25, -0.2) is 9.59 Å². The molecule has 0 amide bonds. The highest BCUT2D eigenvalue weighted by molar-refractivity contribution is 8.00. The minimum Gasteiger partial charge on any atom is -0.457 e. The lowest BCUT2D eigenvalue weighted by Gasteiger charge is -2.26. The van der Waals surface area contributed by atoms with Crippen molar-refractivity contribution in [2.24, 2.45) is 0 Å². The van der Waals surface area contributed by atoms with E-state index in [1.165, 1.54) is 47.0 Å². The van der Waals surface area contributed by atoms with Crippen LogP contribution in [0.5, 0.6) is 0 Å². The van der Waals surface area contributed by atoms with E-state index in [2.05, 4.69) is 0 Å². The minimum absolute atomic E-state index is 0.101. The van der Waals surface area contributed by atoms with Gasteiger partial charge in [-0.2, -0.15) is 0 Å². The molecule has 0 unspecified atom stereocenters. The highest BCUT2D eigenvalue weighted by atomic mass is 32.2. The first-order chi connectivity index (χ1) is 32.2. The molecule has 0 heterocycles. The van der Waals surface area contributed by atoms with E-state index in [-0.39, 0.29) is 47.0 Å². The molecule has 66 heavy (non-hydrogen) atoms. The van der Waals surface area contributed by atoms with Gasteiger partial charge in [0, 0.05) is 61.4 Å². The van der Waals surface area contributed by atoms with Gasteiger partial charge in [0.25, 0.3) is 0 Å². The third kappa shape index (κ3) is 9.97. The van der Waals surface area contributed by atoms with Crippen LogP contribution in [0.1, 0.15) is 74.8 Å². The second kappa shape index (κ2) is 20.3. The van der Waals surface area contributed by atoms with E-state index in [1.807, 2.05) is 172 Å². The standard InChI is InChI=1S/C56H40O6S4/c1-35-21-25-39(26-22-35)63-45-29-31-47(65-43-19-11-9-17-41(43)55(59)61-33-37-13-5-3-6-14-37)51-49(45)53(57)52-48(32-30-46(50(52)54(51)58)64-40-27-23-36(2)24-28-40)66-44-20-12-10-18-42(44)56(60)62-34-38-15-7-4-8-16-38/h3-32H,33-34H2,1-2H3. The Morgan fingerprint density at radius 1 is 0.364 bits per heavy atom. The maximum Gasteiger partial charge on any atom is 0.339 e. The zero-order chi connectivity index (χ0) is 45.6. The van der Waals surface area contributed by atoms with Crippen molar-refractivity contribution in [2.45, 2.75) is 66.2 Å². The second-order valence-electron chi connectivity index (χ2n) is 15.4. The van der Waals surface area contributed by atoms with Gasteiger partial charge in [-0.15, -0.1) is 0 Å². The van der Waals surface area contributed by atoms with Crippen LogP contribution < -0.4 is 0 Å². The Labute approximate surface area is 400 Å². The van der Waals surface area contributed by atoms with Crippen LogP contribution in [0, 0.1) is 13.8 Å². The van der Waals surface area contributed by atoms with Gasteiger partial charge in [0.05, 0.1) is 11.1 Å². The average molecular weight is 937 g/mol. The summed E-state index contributed by atoms with van der Waals surface area (Å²) in [5.74, 6) is -1.63. The molecular weight excluding hydrogens is 897 g/mol. The number of esters is 2. The largest absolute Gasteiger partial charge is 0.457 e. The van der Waals surface area contributed by atoms with E-state index in [4.69, 9.17) is 9.47 Å². The van der Waals surface area contributed by atoms with E-state index in [0.29, 0.717) is 40.5 Å². The fourth-order valence-corrected chi connectivity index (χ4v) is 11.4. The molecule has 8 aromatic rings. The molecule has 9 rings (SSSR count). The molecule has 0 saturated carbocycles. The molecule has 0 spiro atoms. The summed E-state index contributed by atoms with van der Waals surface area (Å²) in [7, 11) is 0. The first kappa shape index (κ1) is 44.6. The number of aryl methyl sites for hydroxylation is 2. The fraction of sp³-hybridized carbons (Fsp3) is 0.0714. The van der Waals surface area contributed by atoms with Crippen molar-refractivity contribution in [2.75, 3.05) is 0 Å². The third-order valence-electron chi connectivity index (χ3n) is 10.7. The molecule has 0 N–H and O–H groups in total. The lowest BCUT2D eigenvalue weighted by molar-refractivity contribution is 0.0460. The van der Waals surface area contributed by atoms with Crippen LogP contribution in [0.2, 0.25) is 0 Å². The maximum absolute atomic E-state index is 15.7. The quantitative estimate of drug-likeness (QED) is 0.0983. The molecule has 0 fully saturated rings. The molecule has 0 aromatic heterocycles. The van der Waals surface area contributed by atoms with E-state index in [1.54, 1.807) is 24.3 Å². The number of hydrogen-bond donors (Lipinski definition) is 0. The van der Waals surface area contributed by atoms with Crippen LogP contribution in [-0.2, 0) is 22.7 Å². The summed E-state index contributed by atoms with van der Waals surface area (Å²) in [4.78, 5) is 64.0. The van der Waals surface area contributed by atoms with Crippen molar-refractivity contribution in [3.63, 3.8) is 0 Å². The third-order valence-corrected chi connectivity index (χ3v) is 15.2. The van der Waals surface area contributed by atoms with Gasteiger partial charge in [-0.1, -0.05) is 167 Å². The average Bonchev–Trinajstić information content (AvgIpc) is 3.34. The smallest absolute Gasteiger partial charge is 0.339 e. The number of rotatable bonds is 14. The van der Waals surface area contributed by atoms with Crippen LogP contribution in [0.4, 0.5) is 0 Å². The lowest BCUT2D eigenvalue weighted by Crippen LogP contribution is -2.24. The highest BCUT2D eigenvalue weighted by Crippen LogP contribution is 2.49. The first-order valence-electron chi connectivity index (χ1n) is 21.1. The van der Waals surface area contributed by atoms with Crippen LogP contribution in [0.3, 0.4) is 0 Å². The topological polar surface area (TPSA) is 86.7 Å². The van der Waals surface area contributed by atoms with E-state index in [0.717, 1.165) is 32.0 Å². The molecule has 1 aliphatic rings. The van der Waals surface area contributed by atoms with Gasteiger partial charge in [0.2, 0.25) is 0 Å². The van der Waals surface area contributed by atoms with Gasteiger partial charge in [0.15, 0.2) is 11.6 Å². The van der Waals surface area contributed by atoms with Crippen LogP contribution >= 0.6 is 47.0 Å². The van der Waals surface area contributed by atoms with E-state index >= 15 is 9.59 Å². The first-order valence-corrected chi connectivity index (χ1v) is 24.3. The maximum atomic E-state index is 15.7. The summed E-state index contributed by atoms with van der Waals surface area (Å²) in [6, 6.07) is 56.8. The summed E-state index contributed by atoms with van der Waals surface area (Å²) in [6.07, 6.45) is 0. The molecule has 1 aliphatic carbocycles. The summed E-state index contributed by atoms with van der Waals surface area (Å²) < 4.78 is 11.5. The molecular formula is C56H40O6S4. The Balaban J connectivity index is 1.15. The lowest BCUT2D eigenvalue weighted by atomic mass is 9.84. The summed E-state index contributed by atoms with van der Waals surface area (Å²) in [6.45, 7) is 4.24. The van der Waals surface area contributed by atoms with Crippen molar-refractivity contribution < 1.29 is 28.7 Å². The van der Waals surface area contributed by atoms with E-state index in [9.17, 15) is 9.59 Å².